The van der Waals surface area contributed by atoms with Gasteiger partial charge in [-0.15, -0.1) is 0 Å². The number of aliphatic hydroxyl groups excluding tert-OH is 1. The van der Waals surface area contributed by atoms with E-state index in [9.17, 15) is 24.3 Å². The number of aliphatic hydroxyl groups is 1. The number of carbonyl (C=O) groups is 3. The molecule has 1 atom stereocenters. The van der Waals surface area contributed by atoms with Gasteiger partial charge < -0.3 is 14.3 Å². The van der Waals surface area contributed by atoms with Crippen LogP contribution in [0.15, 0.2) is 69.6 Å². The molecule has 0 saturated carbocycles. The summed E-state index contributed by atoms with van der Waals surface area (Å²) < 4.78 is 10.2. The molecule has 7 heteroatoms. The molecule has 1 heterocycles. The molecule has 30 heavy (non-hydrogen) atoms. The van der Waals surface area contributed by atoms with E-state index in [4.69, 9.17) is 9.15 Å². The fourth-order valence-corrected chi connectivity index (χ4v) is 3.66. The number of hydrogen-bond acceptors (Lipinski definition) is 7. The van der Waals surface area contributed by atoms with Crippen LogP contribution in [0.2, 0.25) is 0 Å². The molecule has 4 rings (SSSR count). The highest BCUT2D eigenvalue weighted by atomic mass is 16.5. The summed E-state index contributed by atoms with van der Waals surface area (Å²) in [5.74, 6) is -4.18. The Kier molecular flexibility index (Phi) is 4.79. The molecule has 1 aliphatic carbocycles. The number of para-hydroxylation sites is 1. The number of ketones is 2. The van der Waals surface area contributed by atoms with Gasteiger partial charge in [-0.25, -0.2) is 0 Å². The maximum Gasteiger partial charge on any atom is 0.306 e. The SMILES string of the molecule is COC(=O)C[C@H](C1=C(O)c2ccccc2C(=O)C1=O)c1coc2ccccc2c1=O. The number of hydrogen-bond donors (Lipinski definition) is 1. The zero-order valence-electron chi connectivity index (χ0n) is 15.9. The molecule has 0 radical (unpaired) electrons. The quantitative estimate of drug-likeness (QED) is 0.525. The van der Waals surface area contributed by atoms with Crippen molar-refractivity contribution in [1.29, 1.82) is 0 Å². The fraction of sp³-hybridized carbons (Fsp3) is 0.130. The number of benzene rings is 2. The fourth-order valence-electron chi connectivity index (χ4n) is 3.66. The Balaban J connectivity index is 1.98. The zero-order valence-corrected chi connectivity index (χ0v) is 15.9. The monoisotopic (exact) mass is 404 g/mol. The maximum absolute atomic E-state index is 13.1. The molecule has 0 unspecified atom stereocenters. The lowest BCUT2D eigenvalue weighted by molar-refractivity contribution is -0.140. The Morgan fingerprint density at radius 1 is 1.00 bits per heavy atom. The number of Topliss-reactive ketones (excluding diaryl/α,β-unsaturated/α-hetero) is 2. The van der Waals surface area contributed by atoms with E-state index in [1.807, 2.05) is 0 Å². The summed E-state index contributed by atoms with van der Waals surface area (Å²) in [5, 5.41) is 11.1. The summed E-state index contributed by atoms with van der Waals surface area (Å²) in [7, 11) is 1.17. The highest BCUT2D eigenvalue weighted by Gasteiger charge is 2.39. The van der Waals surface area contributed by atoms with Gasteiger partial charge in [-0.1, -0.05) is 36.4 Å². The van der Waals surface area contributed by atoms with E-state index < -0.39 is 41.1 Å². The minimum Gasteiger partial charge on any atom is -0.507 e. The molecular weight excluding hydrogens is 388 g/mol. The highest BCUT2D eigenvalue weighted by Crippen LogP contribution is 2.37. The van der Waals surface area contributed by atoms with Crippen LogP contribution in [-0.4, -0.2) is 29.8 Å². The van der Waals surface area contributed by atoms with Gasteiger partial charge >= 0.3 is 5.97 Å². The normalized spacial score (nSPS) is 14.6. The van der Waals surface area contributed by atoms with Crippen molar-refractivity contribution in [3.8, 4) is 0 Å². The third-order valence-corrected chi connectivity index (χ3v) is 5.16. The number of rotatable bonds is 4. The molecule has 1 aromatic heterocycles. The van der Waals surface area contributed by atoms with Gasteiger partial charge in [-0.2, -0.15) is 0 Å². The van der Waals surface area contributed by atoms with Gasteiger partial charge in [0.2, 0.25) is 11.6 Å². The summed E-state index contributed by atoms with van der Waals surface area (Å²) >= 11 is 0. The summed E-state index contributed by atoms with van der Waals surface area (Å²) in [5.41, 5.74) is -0.265. The van der Waals surface area contributed by atoms with Gasteiger partial charge in [0.1, 0.15) is 11.3 Å². The van der Waals surface area contributed by atoms with Crippen LogP contribution in [0.5, 0.6) is 0 Å². The molecule has 0 fully saturated rings. The number of allylic oxidation sites excluding steroid dienone is 1. The topological polar surface area (TPSA) is 111 Å². The lowest BCUT2D eigenvalue weighted by Crippen LogP contribution is -2.30. The molecule has 0 amide bonds. The number of methoxy groups -OCH3 is 1. The van der Waals surface area contributed by atoms with Gasteiger partial charge in [0, 0.05) is 22.6 Å². The molecule has 7 nitrogen and oxygen atoms in total. The molecule has 150 valence electrons. The van der Waals surface area contributed by atoms with Crippen molar-refractivity contribution in [2.45, 2.75) is 12.3 Å². The van der Waals surface area contributed by atoms with Gasteiger partial charge in [-0.3, -0.25) is 19.2 Å². The van der Waals surface area contributed by atoms with Crippen LogP contribution in [0.25, 0.3) is 16.7 Å². The molecule has 1 N–H and O–H groups in total. The summed E-state index contributed by atoms with van der Waals surface area (Å²) in [4.78, 5) is 50.8. The largest absolute Gasteiger partial charge is 0.507 e. The van der Waals surface area contributed by atoms with Crippen molar-refractivity contribution < 1.29 is 28.6 Å². The first-order chi connectivity index (χ1) is 14.4. The lowest BCUT2D eigenvalue weighted by Gasteiger charge is -2.23. The predicted molar refractivity (Wildman–Crippen MR) is 107 cm³/mol. The maximum atomic E-state index is 13.1. The van der Waals surface area contributed by atoms with Crippen LogP contribution in [0, 0.1) is 0 Å². The van der Waals surface area contributed by atoms with Crippen molar-refractivity contribution in [3.05, 3.63) is 87.3 Å². The second-order valence-corrected chi connectivity index (χ2v) is 6.82. The van der Waals surface area contributed by atoms with E-state index in [1.54, 1.807) is 36.4 Å². The van der Waals surface area contributed by atoms with Gasteiger partial charge in [0.15, 0.2) is 5.43 Å². The Morgan fingerprint density at radius 3 is 2.40 bits per heavy atom. The second kappa shape index (κ2) is 7.44. The molecule has 0 bridgehead atoms. The average molecular weight is 404 g/mol. The molecular formula is C23H16O7. The number of fused-ring (bicyclic) bond motifs is 2. The molecule has 0 spiro atoms. The molecule has 2 aromatic carbocycles. The molecule has 0 saturated heterocycles. The Bertz CT molecular complexity index is 1300. The average Bonchev–Trinajstić information content (AvgIpc) is 2.77. The number of carbonyl (C=O) groups excluding carboxylic acids is 3. The predicted octanol–water partition coefficient (Wildman–Crippen LogP) is 3.17. The van der Waals surface area contributed by atoms with Crippen molar-refractivity contribution in [2.75, 3.05) is 7.11 Å². The van der Waals surface area contributed by atoms with Crippen molar-refractivity contribution >= 4 is 34.3 Å². The first kappa shape index (κ1) is 19.3. The Labute approximate surface area is 170 Å². The minimum atomic E-state index is -1.22. The van der Waals surface area contributed by atoms with Crippen molar-refractivity contribution in [2.24, 2.45) is 0 Å². The standard InChI is InChI=1S/C23H16O7/c1-29-18(24)10-15(16-11-30-17-9-5-4-8-14(17)20(16)25)19-21(26)12-6-2-3-7-13(12)22(27)23(19)28/h2-9,11,15,26H,10H2,1H3/t15-/m0/s1. The zero-order chi connectivity index (χ0) is 21.4. The van der Waals surface area contributed by atoms with E-state index in [0.717, 1.165) is 6.26 Å². The summed E-state index contributed by atoms with van der Waals surface area (Å²) in [6.45, 7) is 0. The summed E-state index contributed by atoms with van der Waals surface area (Å²) in [6.07, 6.45) is 0.719. The summed E-state index contributed by atoms with van der Waals surface area (Å²) in [6, 6.07) is 12.6. The first-order valence-corrected chi connectivity index (χ1v) is 9.12. The lowest BCUT2D eigenvalue weighted by atomic mass is 9.78. The minimum absolute atomic E-state index is 0.0267. The van der Waals surface area contributed by atoms with Crippen LogP contribution in [0.3, 0.4) is 0 Å². The Hall–Kier alpha value is -4.00. The van der Waals surface area contributed by atoms with Crippen LogP contribution in [0.1, 0.15) is 33.8 Å². The molecule has 3 aromatic rings. The van der Waals surface area contributed by atoms with Crippen LogP contribution in [0.4, 0.5) is 0 Å². The van der Waals surface area contributed by atoms with Crippen LogP contribution in [-0.2, 0) is 14.3 Å². The van der Waals surface area contributed by atoms with Gasteiger partial charge in [0.25, 0.3) is 0 Å². The van der Waals surface area contributed by atoms with Crippen LogP contribution >= 0.6 is 0 Å². The third-order valence-electron chi connectivity index (χ3n) is 5.16. The van der Waals surface area contributed by atoms with E-state index in [1.165, 1.54) is 19.2 Å². The van der Waals surface area contributed by atoms with E-state index in [0.29, 0.717) is 5.58 Å². The van der Waals surface area contributed by atoms with E-state index in [2.05, 4.69) is 0 Å². The molecule has 0 aliphatic heterocycles. The van der Waals surface area contributed by atoms with Gasteiger partial charge in [-0.05, 0) is 12.1 Å². The van der Waals surface area contributed by atoms with Gasteiger partial charge in [0.05, 0.1) is 30.8 Å². The van der Waals surface area contributed by atoms with Crippen LogP contribution < -0.4 is 5.43 Å². The smallest absolute Gasteiger partial charge is 0.306 e. The number of esters is 1. The Morgan fingerprint density at radius 2 is 1.67 bits per heavy atom. The highest BCUT2D eigenvalue weighted by molar-refractivity contribution is 6.52. The number of ether oxygens (including phenoxy) is 1. The van der Waals surface area contributed by atoms with Crippen molar-refractivity contribution in [3.63, 3.8) is 0 Å². The molecule has 1 aliphatic rings. The van der Waals surface area contributed by atoms with E-state index >= 15 is 0 Å². The van der Waals surface area contributed by atoms with E-state index in [-0.39, 0.29) is 27.6 Å². The van der Waals surface area contributed by atoms with Crippen molar-refractivity contribution in [1.82, 2.24) is 0 Å². The third kappa shape index (κ3) is 3.00. The first-order valence-electron chi connectivity index (χ1n) is 9.12. The second-order valence-electron chi connectivity index (χ2n) is 6.82.